The fourth-order valence-electron chi connectivity index (χ4n) is 1.59. The van der Waals surface area contributed by atoms with Gasteiger partial charge < -0.3 is 14.6 Å². The normalized spacial score (nSPS) is 13.0. The molecule has 3 nitrogen and oxygen atoms in total. The van der Waals surface area contributed by atoms with Gasteiger partial charge in [0.2, 0.25) is 0 Å². The van der Waals surface area contributed by atoms with Crippen LogP contribution in [0.2, 0.25) is 0 Å². The van der Waals surface area contributed by atoms with Crippen LogP contribution in [0.25, 0.3) is 0 Å². The molecule has 0 saturated carbocycles. The van der Waals surface area contributed by atoms with Crippen molar-refractivity contribution in [1.82, 2.24) is 0 Å². The summed E-state index contributed by atoms with van der Waals surface area (Å²) in [6.07, 6.45) is 1.06. The van der Waals surface area contributed by atoms with E-state index in [0.717, 1.165) is 10.0 Å². The smallest absolute Gasteiger partial charge is 0.161 e. The molecule has 1 unspecified atom stereocenters. The van der Waals surface area contributed by atoms with Crippen LogP contribution in [0.3, 0.4) is 0 Å². The van der Waals surface area contributed by atoms with Crippen LogP contribution in [0.5, 0.6) is 11.5 Å². The van der Waals surface area contributed by atoms with E-state index in [4.69, 9.17) is 9.47 Å². The SMILES string of the molecule is C=CC(C)(C)C(O)c1cc(OC)c(OC)cc1Br. The van der Waals surface area contributed by atoms with Gasteiger partial charge in [-0.1, -0.05) is 35.9 Å². The largest absolute Gasteiger partial charge is 0.493 e. The number of rotatable bonds is 5. The maximum atomic E-state index is 10.4. The van der Waals surface area contributed by atoms with Crippen molar-refractivity contribution in [3.8, 4) is 11.5 Å². The van der Waals surface area contributed by atoms with Gasteiger partial charge >= 0.3 is 0 Å². The van der Waals surface area contributed by atoms with Crippen LogP contribution >= 0.6 is 15.9 Å². The van der Waals surface area contributed by atoms with Crippen LogP contribution < -0.4 is 9.47 Å². The number of benzene rings is 1. The molecular formula is C14H19BrO3. The first-order valence-corrected chi connectivity index (χ1v) is 6.39. The van der Waals surface area contributed by atoms with E-state index in [-0.39, 0.29) is 0 Å². The summed E-state index contributed by atoms with van der Waals surface area (Å²) in [5, 5.41) is 10.4. The van der Waals surface area contributed by atoms with Gasteiger partial charge in [-0.3, -0.25) is 0 Å². The van der Waals surface area contributed by atoms with E-state index in [1.807, 2.05) is 13.8 Å². The Kier molecular flexibility index (Phi) is 4.82. The zero-order valence-electron chi connectivity index (χ0n) is 11.2. The quantitative estimate of drug-likeness (QED) is 0.842. The van der Waals surface area contributed by atoms with Gasteiger partial charge in [0.05, 0.1) is 20.3 Å². The number of hydrogen-bond donors (Lipinski definition) is 1. The van der Waals surface area contributed by atoms with Gasteiger partial charge in [0.15, 0.2) is 11.5 Å². The van der Waals surface area contributed by atoms with Crippen molar-refractivity contribution >= 4 is 15.9 Å². The molecule has 0 spiro atoms. The average Bonchev–Trinajstić information content (AvgIpc) is 2.37. The van der Waals surface area contributed by atoms with Gasteiger partial charge in [-0.15, -0.1) is 6.58 Å². The summed E-state index contributed by atoms with van der Waals surface area (Å²) in [5.74, 6) is 1.21. The second-order valence-electron chi connectivity index (χ2n) is 4.66. The molecule has 4 heteroatoms. The molecule has 0 aromatic heterocycles. The second kappa shape index (κ2) is 5.76. The maximum absolute atomic E-state index is 10.4. The predicted molar refractivity (Wildman–Crippen MR) is 76.2 cm³/mol. The monoisotopic (exact) mass is 314 g/mol. The zero-order chi connectivity index (χ0) is 13.9. The molecule has 1 rings (SSSR count). The Morgan fingerprint density at radius 2 is 1.78 bits per heavy atom. The molecule has 0 aliphatic rings. The fraction of sp³-hybridized carbons (Fsp3) is 0.429. The van der Waals surface area contributed by atoms with Crippen LogP contribution in [-0.2, 0) is 0 Å². The summed E-state index contributed by atoms with van der Waals surface area (Å²) in [4.78, 5) is 0. The second-order valence-corrected chi connectivity index (χ2v) is 5.51. The minimum absolute atomic E-state index is 0.428. The first kappa shape index (κ1) is 15.1. The number of methoxy groups -OCH3 is 2. The Morgan fingerprint density at radius 1 is 1.28 bits per heavy atom. The molecule has 0 saturated heterocycles. The van der Waals surface area contributed by atoms with Crippen LogP contribution in [-0.4, -0.2) is 19.3 Å². The summed E-state index contributed by atoms with van der Waals surface area (Å²) in [5.41, 5.74) is 0.319. The predicted octanol–water partition coefficient (Wildman–Crippen LogP) is 3.71. The highest BCUT2D eigenvalue weighted by Gasteiger charge is 2.28. The van der Waals surface area contributed by atoms with Crippen LogP contribution in [0, 0.1) is 5.41 Å². The molecule has 0 fully saturated rings. The molecule has 18 heavy (non-hydrogen) atoms. The van der Waals surface area contributed by atoms with Crippen molar-refractivity contribution in [3.05, 3.63) is 34.8 Å². The van der Waals surface area contributed by atoms with E-state index < -0.39 is 11.5 Å². The molecular weight excluding hydrogens is 296 g/mol. The van der Waals surface area contributed by atoms with E-state index in [1.165, 1.54) is 0 Å². The lowest BCUT2D eigenvalue weighted by Crippen LogP contribution is -2.19. The molecule has 0 aliphatic heterocycles. The zero-order valence-corrected chi connectivity index (χ0v) is 12.7. The molecule has 1 aromatic rings. The van der Waals surface area contributed by atoms with Crippen molar-refractivity contribution in [3.63, 3.8) is 0 Å². The maximum Gasteiger partial charge on any atom is 0.161 e. The van der Waals surface area contributed by atoms with Crippen molar-refractivity contribution < 1.29 is 14.6 Å². The van der Waals surface area contributed by atoms with Gasteiger partial charge in [0.1, 0.15) is 0 Å². The lowest BCUT2D eigenvalue weighted by Gasteiger charge is -2.28. The summed E-state index contributed by atoms with van der Waals surface area (Å²) in [6, 6.07) is 3.56. The molecule has 1 N–H and O–H groups in total. The summed E-state index contributed by atoms with van der Waals surface area (Å²) in [6.45, 7) is 7.60. The lowest BCUT2D eigenvalue weighted by molar-refractivity contribution is 0.0813. The van der Waals surface area contributed by atoms with Gasteiger partial charge in [-0.05, 0) is 17.7 Å². The van der Waals surface area contributed by atoms with E-state index in [2.05, 4.69) is 22.5 Å². The van der Waals surface area contributed by atoms with Crippen molar-refractivity contribution in [1.29, 1.82) is 0 Å². The molecule has 0 bridgehead atoms. The topological polar surface area (TPSA) is 38.7 Å². The minimum atomic E-state index is -0.677. The third-order valence-electron chi connectivity index (χ3n) is 3.03. The Morgan fingerprint density at radius 3 is 2.22 bits per heavy atom. The lowest BCUT2D eigenvalue weighted by atomic mass is 9.83. The molecule has 100 valence electrons. The third kappa shape index (κ3) is 2.87. The van der Waals surface area contributed by atoms with Crippen LogP contribution in [0.1, 0.15) is 25.5 Å². The van der Waals surface area contributed by atoms with Gasteiger partial charge in [0.25, 0.3) is 0 Å². The highest BCUT2D eigenvalue weighted by Crippen LogP contribution is 2.42. The van der Waals surface area contributed by atoms with Crippen molar-refractivity contribution in [2.45, 2.75) is 20.0 Å². The van der Waals surface area contributed by atoms with E-state index in [9.17, 15) is 5.11 Å². The summed E-state index contributed by atoms with van der Waals surface area (Å²) < 4.78 is 11.2. The Bertz CT molecular complexity index is 441. The Balaban J connectivity index is 3.29. The number of halogens is 1. The summed E-state index contributed by atoms with van der Waals surface area (Å²) >= 11 is 3.44. The van der Waals surface area contributed by atoms with Gasteiger partial charge in [-0.2, -0.15) is 0 Å². The minimum Gasteiger partial charge on any atom is -0.493 e. The Hall–Kier alpha value is -1.00. The number of ether oxygens (including phenoxy) is 2. The molecule has 0 aliphatic carbocycles. The standard InChI is InChI=1S/C14H19BrO3/c1-6-14(2,3)13(16)9-7-11(17-4)12(18-5)8-10(9)15/h6-8,13,16H,1H2,2-5H3. The molecule has 0 amide bonds. The number of hydrogen-bond acceptors (Lipinski definition) is 3. The molecule has 0 heterocycles. The molecule has 0 radical (unpaired) electrons. The van der Waals surface area contributed by atoms with Gasteiger partial charge in [0, 0.05) is 9.89 Å². The first-order chi connectivity index (χ1) is 8.37. The van der Waals surface area contributed by atoms with Crippen LogP contribution in [0.15, 0.2) is 29.3 Å². The summed E-state index contributed by atoms with van der Waals surface area (Å²) in [7, 11) is 3.15. The van der Waals surface area contributed by atoms with Crippen molar-refractivity contribution in [2.75, 3.05) is 14.2 Å². The number of aliphatic hydroxyl groups excluding tert-OH is 1. The van der Waals surface area contributed by atoms with E-state index in [0.29, 0.717) is 11.5 Å². The average molecular weight is 315 g/mol. The first-order valence-electron chi connectivity index (χ1n) is 5.60. The van der Waals surface area contributed by atoms with E-state index in [1.54, 1.807) is 32.4 Å². The Labute approximate surface area is 117 Å². The van der Waals surface area contributed by atoms with E-state index >= 15 is 0 Å². The molecule has 1 atom stereocenters. The highest BCUT2D eigenvalue weighted by molar-refractivity contribution is 9.10. The van der Waals surface area contributed by atoms with Crippen LogP contribution in [0.4, 0.5) is 0 Å². The number of aliphatic hydroxyl groups is 1. The third-order valence-corrected chi connectivity index (χ3v) is 3.72. The van der Waals surface area contributed by atoms with Crippen molar-refractivity contribution in [2.24, 2.45) is 5.41 Å². The highest BCUT2D eigenvalue weighted by atomic mass is 79.9. The van der Waals surface area contributed by atoms with Gasteiger partial charge in [-0.25, -0.2) is 0 Å². The molecule has 1 aromatic carbocycles. The fourth-order valence-corrected chi connectivity index (χ4v) is 2.13.